The highest BCUT2D eigenvalue weighted by Gasteiger charge is 2.39. The van der Waals surface area contributed by atoms with Crippen molar-refractivity contribution in [3.05, 3.63) is 0 Å². The van der Waals surface area contributed by atoms with Crippen LogP contribution in [0.25, 0.3) is 0 Å². The highest BCUT2D eigenvalue weighted by molar-refractivity contribution is 4.95. The van der Waals surface area contributed by atoms with Gasteiger partial charge in [-0.15, -0.1) is 0 Å². The fraction of sp³-hybridized carbons (Fsp3) is 1.00. The second-order valence-corrected chi connectivity index (χ2v) is 14.2. The van der Waals surface area contributed by atoms with E-state index < -0.39 is 0 Å². The summed E-state index contributed by atoms with van der Waals surface area (Å²) in [6.07, 6.45) is 0. The SMILES string of the molecule is CC1CN(C(C)(C)C)CC(C)N1C(C)(C)C.CC1CN(C(C)(C)C)CCN1C(C)(C)C. The van der Waals surface area contributed by atoms with E-state index in [4.69, 9.17) is 0 Å². The molecule has 2 rings (SSSR count). The maximum Gasteiger partial charge on any atom is 0.0203 e. The third-order valence-electron chi connectivity index (χ3n) is 7.08. The molecule has 186 valence electrons. The third-order valence-corrected chi connectivity index (χ3v) is 7.08. The Bertz CT molecular complexity index is 532. The molecule has 2 aliphatic rings. The van der Waals surface area contributed by atoms with Gasteiger partial charge in [-0.2, -0.15) is 0 Å². The van der Waals surface area contributed by atoms with E-state index in [0.29, 0.717) is 34.7 Å². The lowest BCUT2D eigenvalue weighted by molar-refractivity contribution is -0.0500. The van der Waals surface area contributed by atoms with Crippen LogP contribution in [0, 0.1) is 0 Å². The quantitative estimate of drug-likeness (QED) is 0.490. The van der Waals surface area contributed by atoms with Gasteiger partial charge >= 0.3 is 0 Å². The van der Waals surface area contributed by atoms with Gasteiger partial charge in [-0.05, 0) is 104 Å². The topological polar surface area (TPSA) is 13.0 Å². The summed E-state index contributed by atoms with van der Waals surface area (Å²) in [6.45, 7) is 40.9. The van der Waals surface area contributed by atoms with Crippen LogP contribution in [-0.2, 0) is 0 Å². The van der Waals surface area contributed by atoms with Crippen LogP contribution in [0.5, 0.6) is 0 Å². The molecule has 2 fully saturated rings. The summed E-state index contributed by atoms with van der Waals surface area (Å²) in [4.78, 5) is 10.5. The average molecular weight is 439 g/mol. The molecule has 4 nitrogen and oxygen atoms in total. The predicted octanol–water partition coefficient (Wildman–Crippen LogP) is 5.57. The van der Waals surface area contributed by atoms with E-state index in [2.05, 4.69) is 123 Å². The molecule has 0 N–H and O–H groups in total. The normalized spacial score (nSPS) is 28.9. The van der Waals surface area contributed by atoms with Gasteiger partial charge in [0.1, 0.15) is 0 Å². The molecule has 0 aromatic heterocycles. The van der Waals surface area contributed by atoms with Crippen molar-refractivity contribution < 1.29 is 0 Å². The summed E-state index contributed by atoms with van der Waals surface area (Å²) in [6, 6.07) is 1.95. The number of hydrogen-bond acceptors (Lipinski definition) is 4. The molecule has 2 heterocycles. The van der Waals surface area contributed by atoms with Gasteiger partial charge in [0, 0.05) is 73.0 Å². The summed E-state index contributed by atoms with van der Waals surface area (Å²) in [5, 5.41) is 0. The summed E-state index contributed by atoms with van der Waals surface area (Å²) < 4.78 is 0. The zero-order chi connectivity index (χ0) is 24.6. The predicted molar refractivity (Wildman–Crippen MR) is 139 cm³/mol. The Balaban J connectivity index is 0.000000311. The van der Waals surface area contributed by atoms with Crippen molar-refractivity contribution in [2.24, 2.45) is 0 Å². The molecule has 2 saturated heterocycles. The van der Waals surface area contributed by atoms with Crippen LogP contribution in [0.3, 0.4) is 0 Å². The maximum atomic E-state index is 2.66. The zero-order valence-electron chi connectivity index (χ0n) is 24.1. The molecule has 4 heteroatoms. The Morgan fingerprint density at radius 2 is 0.839 bits per heavy atom. The number of nitrogens with zero attached hydrogens (tertiary/aromatic N) is 4. The van der Waals surface area contributed by atoms with Crippen LogP contribution in [0.1, 0.15) is 104 Å². The standard InChI is InChI=1S/C14H30N2.C13H28N2/c1-11-9-15(13(3,4)5)10-12(2)16(11)14(6,7)8;1-11-10-14(12(2,3)4)8-9-15(11)13(5,6)7/h11-12H,9-10H2,1-8H3;11H,8-10H2,1-7H3. The molecule has 0 radical (unpaired) electrons. The first-order valence-electron chi connectivity index (χ1n) is 12.7. The zero-order valence-corrected chi connectivity index (χ0v) is 24.1. The molecular formula is C27H58N4. The molecule has 0 saturated carbocycles. The largest absolute Gasteiger partial charge is 0.296 e. The van der Waals surface area contributed by atoms with Gasteiger partial charge in [0.15, 0.2) is 0 Å². The van der Waals surface area contributed by atoms with Gasteiger partial charge in [0.25, 0.3) is 0 Å². The van der Waals surface area contributed by atoms with Gasteiger partial charge in [0.2, 0.25) is 0 Å². The van der Waals surface area contributed by atoms with Crippen molar-refractivity contribution in [2.45, 2.75) is 144 Å². The second kappa shape index (κ2) is 9.99. The Morgan fingerprint density at radius 1 is 0.452 bits per heavy atom. The number of piperazine rings is 2. The first kappa shape index (κ1) is 28.9. The second-order valence-electron chi connectivity index (χ2n) is 14.2. The van der Waals surface area contributed by atoms with Crippen molar-refractivity contribution in [2.75, 3.05) is 32.7 Å². The number of rotatable bonds is 0. The van der Waals surface area contributed by atoms with E-state index in [9.17, 15) is 0 Å². The van der Waals surface area contributed by atoms with Crippen LogP contribution in [0.15, 0.2) is 0 Å². The van der Waals surface area contributed by atoms with Crippen LogP contribution >= 0.6 is 0 Å². The van der Waals surface area contributed by atoms with E-state index in [1.807, 2.05) is 0 Å². The first-order chi connectivity index (χ1) is 13.7. The highest BCUT2D eigenvalue weighted by atomic mass is 15.4. The smallest absolute Gasteiger partial charge is 0.0203 e. The lowest BCUT2D eigenvalue weighted by Crippen LogP contribution is -2.65. The molecule has 0 amide bonds. The van der Waals surface area contributed by atoms with Gasteiger partial charge in [-0.1, -0.05) is 0 Å². The molecule has 0 aromatic rings. The van der Waals surface area contributed by atoms with Gasteiger partial charge < -0.3 is 0 Å². The van der Waals surface area contributed by atoms with Gasteiger partial charge in [-0.25, -0.2) is 0 Å². The summed E-state index contributed by atoms with van der Waals surface area (Å²) in [5.74, 6) is 0. The van der Waals surface area contributed by atoms with E-state index in [-0.39, 0.29) is 5.54 Å². The monoisotopic (exact) mass is 438 g/mol. The molecule has 31 heavy (non-hydrogen) atoms. The van der Waals surface area contributed by atoms with Gasteiger partial charge in [0.05, 0.1) is 0 Å². The molecule has 0 aliphatic carbocycles. The molecule has 0 aromatic carbocycles. The lowest BCUT2D eigenvalue weighted by atomic mass is 9.94. The maximum absolute atomic E-state index is 2.66. The summed E-state index contributed by atoms with van der Waals surface area (Å²) in [5.41, 5.74) is 1.21. The van der Waals surface area contributed by atoms with Crippen molar-refractivity contribution in [1.29, 1.82) is 0 Å². The molecule has 2 aliphatic heterocycles. The van der Waals surface area contributed by atoms with Crippen LogP contribution in [-0.4, -0.2) is 92.6 Å². The summed E-state index contributed by atoms with van der Waals surface area (Å²) >= 11 is 0. The lowest BCUT2D eigenvalue weighted by Gasteiger charge is -2.53. The van der Waals surface area contributed by atoms with E-state index in [1.54, 1.807) is 0 Å². The van der Waals surface area contributed by atoms with E-state index in [0.717, 1.165) is 0 Å². The van der Waals surface area contributed by atoms with Crippen molar-refractivity contribution in [3.8, 4) is 0 Å². The minimum Gasteiger partial charge on any atom is -0.296 e. The van der Waals surface area contributed by atoms with Crippen LogP contribution in [0.2, 0.25) is 0 Å². The van der Waals surface area contributed by atoms with Crippen molar-refractivity contribution in [3.63, 3.8) is 0 Å². The minimum atomic E-state index is 0.281. The minimum absolute atomic E-state index is 0.281. The fourth-order valence-electron chi connectivity index (χ4n) is 5.76. The molecular weight excluding hydrogens is 380 g/mol. The Labute approximate surface area is 196 Å². The van der Waals surface area contributed by atoms with Gasteiger partial charge in [-0.3, -0.25) is 19.6 Å². The van der Waals surface area contributed by atoms with Crippen molar-refractivity contribution >= 4 is 0 Å². The number of hydrogen-bond donors (Lipinski definition) is 0. The first-order valence-corrected chi connectivity index (χ1v) is 12.7. The molecule has 0 spiro atoms. The molecule has 3 atom stereocenters. The fourth-order valence-corrected chi connectivity index (χ4v) is 5.76. The Hall–Kier alpha value is -0.160. The Kier molecular flexibility index (Phi) is 9.31. The van der Waals surface area contributed by atoms with Crippen molar-refractivity contribution in [1.82, 2.24) is 19.6 Å². The third kappa shape index (κ3) is 8.28. The summed E-state index contributed by atoms with van der Waals surface area (Å²) in [7, 11) is 0. The molecule has 0 bridgehead atoms. The highest BCUT2D eigenvalue weighted by Crippen LogP contribution is 2.29. The van der Waals surface area contributed by atoms with Crippen LogP contribution in [0.4, 0.5) is 0 Å². The van der Waals surface area contributed by atoms with E-state index >= 15 is 0 Å². The Morgan fingerprint density at radius 3 is 1.13 bits per heavy atom. The molecule has 3 unspecified atom stereocenters. The van der Waals surface area contributed by atoms with Crippen LogP contribution < -0.4 is 0 Å². The average Bonchev–Trinajstić information content (AvgIpc) is 2.50. The van der Waals surface area contributed by atoms with E-state index in [1.165, 1.54) is 32.7 Å².